The van der Waals surface area contributed by atoms with E-state index in [0.717, 1.165) is 50.2 Å². The first-order valence-corrected chi connectivity index (χ1v) is 8.60. The molecule has 1 aromatic carbocycles. The molecule has 1 unspecified atom stereocenters. The molecule has 0 N–H and O–H groups in total. The molecule has 2 aromatic rings. The number of piperidine rings is 1. The largest absolute Gasteiger partial charge is 0.480 e. The fraction of sp³-hybridized carbons (Fsp3) is 0.421. The number of para-hydroxylation sites is 1. The van der Waals surface area contributed by atoms with E-state index in [9.17, 15) is 4.79 Å². The summed E-state index contributed by atoms with van der Waals surface area (Å²) in [7, 11) is 0. The number of benzene rings is 1. The summed E-state index contributed by atoms with van der Waals surface area (Å²) in [5, 5.41) is 0. The van der Waals surface area contributed by atoms with Gasteiger partial charge in [0.15, 0.2) is 6.10 Å². The lowest BCUT2D eigenvalue weighted by Gasteiger charge is -2.35. The van der Waals surface area contributed by atoms with Crippen molar-refractivity contribution in [1.29, 1.82) is 0 Å². The van der Waals surface area contributed by atoms with Gasteiger partial charge in [-0.15, -0.1) is 0 Å². The van der Waals surface area contributed by atoms with Gasteiger partial charge in [0, 0.05) is 30.9 Å². The molecule has 1 atom stereocenters. The number of carbonyl (C=O) groups is 1. The zero-order valence-corrected chi connectivity index (χ0v) is 13.6. The second-order valence-electron chi connectivity index (χ2n) is 6.49. The zero-order chi connectivity index (χ0) is 16.4. The summed E-state index contributed by atoms with van der Waals surface area (Å²) in [5.74, 6) is 1.41. The summed E-state index contributed by atoms with van der Waals surface area (Å²) in [6.45, 7) is 1.55. The molecule has 2 aliphatic rings. The maximum absolute atomic E-state index is 12.8. The molecule has 1 saturated heterocycles. The third-order valence-electron chi connectivity index (χ3n) is 5.02. The second kappa shape index (κ2) is 6.59. The maximum Gasteiger partial charge on any atom is 0.263 e. The van der Waals surface area contributed by atoms with E-state index in [1.807, 2.05) is 29.2 Å². The minimum Gasteiger partial charge on any atom is -0.480 e. The lowest BCUT2D eigenvalue weighted by atomic mass is 9.92. The lowest BCUT2D eigenvalue weighted by molar-refractivity contribution is -0.140. The molecule has 5 nitrogen and oxygen atoms in total. The first-order valence-electron chi connectivity index (χ1n) is 8.60. The zero-order valence-electron chi connectivity index (χ0n) is 13.6. The van der Waals surface area contributed by atoms with E-state index in [1.54, 1.807) is 12.5 Å². The molecule has 0 spiro atoms. The van der Waals surface area contributed by atoms with Crippen molar-refractivity contribution < 1.29 is 9.53 Å². The van der Waals surface area contributed by atoms with E-state index in [0.29, 0.717) is 5.92 Å². The van der Waals surface area contributed by atoms with Crippen molar-refractivity contribution in [3.05, 3.63) is 54.1 Å². The smallest absolute Gasteiger partial charge is 0.263 e. The highest BCUT2D eigenvalue weighted by Gasteiger charge is 2.32. The topological polar surface area (TPSA) is 55.3 Å². The van der Waals surface area contributed by atoms with E-state index in [1.165, 1.54) is 5.56 Å². The summed E-state index contributed by atoms with van der Waals surface area (Å²) in [5.41, 5.74) is 2.28. The van der Waals surface area contributed by atoms with E-state index >= 15 is 0 Å². The highest BCUT2D eigenvalue weighted by Crippen LogP contribution is 2.30. The molecule has 4 rings (SSSR count). The van der Waals surface area contributed by atoms with Crippen LogP contribution in [-0.4, -0.2) is 40.0 Å². The molecule has 0 bridgehead atoms. The fourth-order valence-corrected chi connectivity index (χ4v) is 3.64. The van der Waals surface area contributed by atoms with E-state index in [4.69, 9.17) is 4.74 Å². The molecule has 1 fully saturated rings. The van der Waals surface area contributed by atoms with Gasteiger partial charge in [-0.3, -0.25) is 4.79 Å². The molecule has 3 heterocycles. The number of carbonyl (C=O) groups excluding carboxylic acids is 1. The van der Waals surface area contributed by atoms with Crippen molar-refractivity contribution in [2.75, 3.05) is 13.1 Å². The van der Waals surface area contributed by atoms with Crippen LogP contribution in [0.5, 0.6) is 5.75 Å². The quantitative estimate of drug-likeness (QED) is 0.852. The number of nitrogens with zero attached hydrogens (tertiary/aromatic N) is 3. The van der Waals surface area contributed by atoms with Crippen LogP contribution in [0.4, 0.5) is 0 Å². The first-order chi connectivity index (χ1) is 11.8. The second-order valence-corrected chi connectivity index (χ2v) is 6.49. The van der Waals surface area contributed by atoms with Crippen LogP contribution in [0.15, 0.2) is 42.9 Å². The van der Waals surface area contributed by atoms with Gasteiger partial charge >= 0.3 is 0 Å². The van der Waals surface area contributed by atoms with Crippen molar-refractivity contribution in [3.8, 4) is 5.75 Å². The summed E-state index contributed by atoms with van der Waals surface area (Å²) in [6, 6.07) is 9.98. The monoisotopic (exact) mass is 323 g/mol. The average Bonchev–Trinajstić information content (AvgIpc) is 2.68. The van der Waals surface area contributed by atoms with Crippen LogP contribution >= 0.6 is 0 Å². The van der Waals surface area contributed by atoms with Crippen LogP contribution in [0, 0.1) is 0 Å². The summed E-state index contributed by atoms with van der Waals surface area (Å²) >= 11 is 0. The van der Waals surface area contributed by atoms with Gasteiger partial charge in [-0.2, -0.15) is 0 Å². The molecule has 1 aromatic heterocycles. The maximum atomic E-state index is 12.8. The van der Waals surface area contributed by atoms with Crippen LogP contribution in [0.2, 0.25) is 0 Å². The predicted molar refractivity (Wildman–Crippen MR) is 89.8 cm³/mol. The fourth-order valence-electron chi connectivity index (χ4n) is 3.64. The number of aryl methyl sites for hydroxylation is 1. The Morgan fingerprint density at radius 2 is 1.96 bits per heavy atom. The molecular weight excluding hydrogens is 302 g/mol. The van der Waals surface area contributed by atoms with E-state index in [2.05, 4.69) is 16.0 Å². The Morgan fingerprint density at radius 1 is 1.12 bits per heavy atom. The van der Waals surface area contributed by atoms with Gasteiger partial charge in [0.1, 0.15) is 12.1 Å². The van der Waals surface area contributed by atoms with Crippen molar-refractivity contribution in [2.45, 2.75) is 37.7 Å². The first kappa shape index (κ1) is 15.1. The molecule has 24 heavy (non-hydrogen) atoms. The molecule has 1 amide bonds. The molecule has 0 radical (unpaired) electrons. The summed E-state index contributed by atoms with van der Waals surface area (Å²) in [4.78, 5) is 23.1. The average molecular weight is 323 g/mol. The Kier molecular flexibility index (Phi) is 4.15. The van der Waals surface area contributed by atoms with Crippen molar-refractivity contribution in [2.24, 2.45) is 0 Å². The van der Waals surface area contributed by atoms with Crippen molar-refractivity contribution in [1.82, 2.24) is 14.9 Å². The summed E-state index contributed by atoms with van der Waals surface area (Å²) in [6.07, 6.45) is 6.62. The molecular formula is C19H21N3O2. The number of aromatic nitrogens is 2. The van der Waals surface area contributed by atoms with Crippen LogP contribution in [0.1, 0.15) is 36.4 Å². The number of likely N-dealkylation sites (tertiary alicyclic amines) is 1. The number of hydrogen-bond acceptors (Lipinski definition) is 4. The van der Waals surface area contributed by atoms with Crippen molar-refractivity contribution in [3.63, 3.8) is 0 Å². The highest BCUT2D eigenvalue weighted by molar-refractivity contribution is 5.81. The third-order valence-corrected chi connectivity index (χ3v) is 5.02. The Bertz CT molecular complexity index is 712. The minimum atomic E-state index is -0.337. The van der Waals surface area contributed by atoms with Crippen LogP contribution in [0.3, 0.4) is 0 Å². The predicted octanol–water partition coefficient (Wildman–Crippen LogP) is 2.58. The van der Waals surface area contributed by atoms with Crippen LogP contribution in [0.25, 0.3) is 0 Å². The molecule has 0 saturated carbocycles. The lowest BCUT2D eigenvalue weighted by Crippen LogP contribution is -2.46. The molecule has 0 aliphatic carbocycles. The summed E-state index contributed by atoms with van der Waals surface area (Å²) < 4.78 is 5.95. The Labute approximate surface area is 141 Å². The number of ether oxygens (including phenoxy) is 1. The standard InChI is InChI=1S/C19H21N3O2/c23-19(18-6-5-15-3-1-2-4-17(15)24-18)22-11-8-14(9-12-22)16-7-10-20-13-21-16/h1-4,7,10,13-14,18H,5-6,8-9,11-12H2. The van der Waals surface area contributed by atoms with Gasteiger partial charge in [-0.1, -0.05) is 18.2 Å². The van der Waals surface area contributed by atoms with Crippen LogP contribution in [-0.2, 0) is 11.2 Å². The SMILES string of the molecule is O=C(C1CCc2ccccc2O1)N1CCC(c2ccncn2)CC1. The number of fused-ring (bicyclic) bond motifs is 1. The minimum absolute atomic E-state index is 0.130. The van der Waals surface area contributed by atoms with Gasteiger partial charge in [-0.25, -0.2) is 9.97 Å². The van der Waals surface area contributed by atoms with Crippen molar-refractivity contribution >= 4 is 5.91 Å². The van der Waals surface area contributed by atoms with Crippen LogP contribution < -0.4 is 4.74 Å². The number of hydrogen-bond donors (Lipinski definition) is 0. The molecule has 5 heteroatoms. The van der Waals surface area contributed by atoms with E-state index < -0.39 is 0 Å². The van der Waals surface area contributed by atoms with Gasteiger partial charge in [0.2, 0.25) is 0 Å². The van der Waals surface area contributed by atoms with E-state index in [-0.39, 0.29) is 12.0 Å². The Morgan fingerprint density at radius 3 is 2.75 bits per heavy atom. The van der Waals surface area contributed by atoms with Gasteiger partial charge < -0.3 is 9.64 Å². The Balaban J connectivity index is 1.37. The molecule has 2 aliphatic heterocycles. The highest BCUT2D eigenvalue weighted by atomic mass is 16.5. The Hall–Kier alpha value is -2.43. The molecule has 124 valence electrons. The van der Waals surface area contributed by atoms with Gasteiger partial charge in [0.25, 0.3) is 5.91 Å². The van der Waals surface area contributed by atoms with Gasteiger partial charge in [-0.05, 0) is 43.4 Å². The normalized spacial score (nSPS) is 21.0. The number of rotatable bonds is 2. The third kappa shape index (κ3) is 2.98. The van der Waals surface area contributed by atoms with Gasteiger partial charge in [0.05, 0.1) is 0 Å². The number of amides is 1.